The number of rotatable bonds is 7. The van der Waals surface area contributed by atoms with E-state index >= 15 is 0 Å². The van der Waals surface area contributed by atoms with Crippen LogP contribution in [0.3, 0.4) is 0 Å². The minimum atomic E-state index is -1.06. The summed E-state index contributed by atoms with van der Waals surface area (Å²) in [6.45, 7) is 6.16. The van der Waals surface area contributed by atoms with Crippen LogP contribution in [0.25, 0.3) is 0 Å². The molecule has 0 heterocycles. The van der Waals surface area contributed by atoms with E-state index in [1.54, 1.807) is 20.8 Å². The quantitative estimate of drug-likeness (QED) is 0.801. The van der Waals surface area contributed by atoms with Crippen molar-refractivity contribution in [2.45, 2.75) is 57.8 Å². The molecule has 24 heavy (non-hydrogen) atoms. The summed E-state index contributed by atoms with van der Waals surface area (Å²) in [5.74, 6) is -1.06. The van der Waals surface area contributed by atoms with Crippen LogP contribution in [-0.4, -0.2) is 46.3 Å². The van der Waals surface area contributed by atoms with Crippen molar-refractivity contribution in [2.24, 2.45) is 0 Å². The van der Waals surface area contributed by atoms with Crippen LogP contribution in [0.5, 0.6) is 0 Å². The van der Waals surface area contributed by atoms with Gasteiger partial charge in [0.2, 0.25) is 0 Å². The number of alkyl carbamates (subject to hydrolysis) is 1. The summed E-state index contributed by atoms with van der Waals surface area (Å²) in [6.07, 6.45) is 1.42. The second-order valence-electron chi connectivity index (χ2n) is 7.18. The first-order valence-electron chi connectivity index (χ1n) is 8.25. The third-order valence-electron chi connectivity index (χ3n) is 3.70. The first-order chi connectivity index (χ1) is 11.2. The molecule has 0 aromatic heterocycles. The zero-order chi connectivity index (χ0) is 17.7. The van der Waals surface area contributed by atoms with Gasteiger partial charge in [0, 0.05) is 19.1 Å². The molecule has 0 aliphatic heterocycles. The van der Waals surface area contributed by atoms with Crippen LogP contribution in [-0.2, 0) is 16.1 Å². The highest BCUT2D eigenvalue weighted by Crippen LogP contribution is 2.28. The standard InChI is InChI=1S/C18H26N2O4/c1-18(2,3)24-17(23)19-15(16(21)22)12-20(14-9-10-14)11-13-7-5-4-6-8-13/h4-8,14-15H,9-12H2,1-3H3,(H,19,23)(H,21,22)/t15-/m1/s1. The number of hydrogen-bond acceptors (Lipinski definition) is 4. The number of carboxylic acids is 1. The van der Waals surface area contributed by atoms with Gasteiger partial charge in [0.15, 0.2) is 0 Å². The van der Waals surface area contributed by atoms with Crippen LogP contribution in [0.1, 0.15) is 39.2 Å². The van der Waals surface area contributed by atoms with Crippen molar-refractivity contribution in [3.63, 3.8) is 0 Å². The van der Waals surface area contributed by atoms with E-state index in [2.05, 4.69) is 10.2 Å². The van der Waals surface area contributed by atoms with Gasteiger partial charge >= 0.3 is 12.1 Å². The lowest BCUT2D eigenvalue weighted by Crippen LogP contribution is -2.50. The predicted octanol–water partition coefficient (Wildman–Crippen LogP) is 2.63. The first kappa shape index (κ1) is 18.3. The average Bonchev–Trinajstić information content (AvgIpc) is 3.29. The minimum absolute atomic E-state index is 0.258. The molecule has 0 unspecified atom stereocenters. The fraction of sp³-hybridized carbons (Fsp3) is 0.556. The molecule has 1 amide bonds. The van der Waals surface area contributed by atoms with E-state index < -0.39 is 23.7 Å². The molecule has 1 aliphatic carbocycles. The Kier molecular flexibility index (Phi) is 5.83. The van der Waals surface area contributed by atoms with Crippen molar-refractivity contribution in [2.75, 3.05) is 6.54 Å². The minimum Gasteiger partial charge on any atom is -0.480 e. The van der Waals surface area contributed by atoms with Crippen molar-refractivity contribution in [1.82, 2.24) is 10.2 Å². The topological polar surface area (TPSA) is 78.9 Å². The molecule has 2 rings (SSSR count). The predicted molar refractivity (Wildman–Crippen MR) is 90.7 cm³/mol. The van der Waals surface area contributed by atoms with Crippen LogP contribution in [0, 0.1) is 0 Å². The van der Waals surface area contributed by atoms with Crippen LogP contribution < -0.4 is 5.32 Å². The summed E-state index contributed by atoms with van der Waals surface area (Å²) in [4.78, 5) is 25.5. The van der Waals surface area contributed by atoms with Gasteiger partial charge in [-0.1, -0.05) is 30.3 Å². The number of ether oxygens (including phenoxy) is 1. The summed E-state index contributed by atoms with van der Waals surface area (Å²) in [5, 5.41) is 11.9. The average molecular weight is 334 g/mol. The molecule has 1 aromatic carbocycles. The van der Waals surface area contributed by atoms with E-state index in [9.17, 15) is 14.7 Å². The van der Waals surface area contributed by atoms with Gasteiger partial charge in [-0.3, -0.25) is 4.90 Å². The van der Waals surface area contributed by atoms with Crippen LogP contribution in [0.2, 0.25) is 0 Å². The number of hydrogen-bond donors (Lipinski definition) is 2. The van der Waals surface area contributed by atoms with Crippen molar-refractivity contribution in [1.29, 1.82) is 0 Å². The third kappa shape index (κ3) is 6.20. The van der Waals surface area contributed by atoms with E-state index in [0.717, 1.165) is 18.4 Å². The molecule has 0 spiro atoms. The summed E-state index contributed by atoms with van der Waals surface area (Å²) >= 11 is 0. The van der Waals surface area contributed by atoms with Gasteiger partial charge < -0.3 is 15.2 Å². The molecule has 2 N–H and O–H groups in total. The maximum Gasteiger partial charge on any atom is 0.408 e. The lowest BCUT2D eigenvalue weighted by molar-refractivity contribution is -0.140. The van der Waals surface area contributed by atoms with Crippen LogP contribution in [0.15, 0.2) is 30.3 Å². The van der Waals surface area contributed by atoms with Gasteiger partial charge in [-0.25, -0.2) is 9.59 Å². The number of nitrogens with one attached hydrogen (secondary N) is 1. The molecular formula is C18H26N2O4. The van der Waals surface area contributed by atoms with Gasteiger partial charge in [-0.05, 0) is 39.2 Å². The third-order valence-corrected chi connectivity index (χ3v) is 3.70. The Morgan fingerprint density at radius 3 is 2.42 bits per heavy atom. The van der Waals surface area contributed by atoms with Crippen molar-refractivity contribution < 1.29 is 19.4 Å². The number of nitrogens with zero attached hydrogens (tertiary/aromatic N) is 1. The lowest BCUT2D eigenvalue weighted by atomic mass is 10.2. The second-order valence-corrected chi connectivity index (χ2v) is 7.18. The highest BCUT2D eigenvalue weighted by atomic mass is 16.6. The maximum absolute atomic E-state index is 11.9. The molecule has 6 heteroatoms. The molecule has 1 aromatic rings. The summed E-state index contributed by atoms with van der Waals surface area (Å²) in [6, 6.07) is 9.31. The van der Waals surface area contributed by atoms with Gasteiger partial charge in [0.1, 0.15) is 11.6 Å². The molecule has 0 bridgehead atoms. The number of carbonyl (C=O) groups excluding carboxylic acids is 1. The SMILES string of the molecule is CC(C)(C)OC(=O)N[C@H](CN(Cc1ccccc1)C1CC1)C(=O)O. The molecule has 6 nitrogen and oxygen atoms in total. The second kappa shape index (κ2) is 7.66. The van der Waals surface area contributed by atoms with E-state index in [1.165, 1.54) is 0 Å². The molecular weight excluding hydrogens is 308 g/mol. The Morgan fingerprint density at radius 2 is 1.92 bits per heavy atom. The fourth-order valence-electron chi connectivity index (χ4n) is 2.47. The van der Waals surface area contributed by atoms with Crippen molar-refractivity contribution in [3.8, 4) is 0 Å². The van der Waals surface area contributed by atoms with E-state index in [4.69, 9.17) is 4.74 Å². The molecule has 1 atom stereocenters. The fourth-order valence-corrected chi connectivity index (χ4v) is 2.47. The van der Waals surface area contributed by atoms with Gasteiger partial charge in [-0.2, -0.15) is 0 Å². The molecule has 132 valence electrons. The Bertz CT molecular complexity index is 564. The number of aliphatic carboxylic acids is 1. The Morgan fingerprint density at radius 1 is 1.29 bits per heavy atom. The number of amides is 1. The van der Waals surface area contributed by atoms with E-state index in [0.29, 0.717) is 12.6 Å². The molecule has 1 saturated carbocycles. The Hall–Kier alpha value is -2.08. The van der Waals surface area contributed by atoms with Gasteiger partial charge in [0.25, 0.3) is 0 Å². The highest BCUT2D eigenvalue weighted by molar-refractivity contribution is 5.80. The zero-order valence-corrected chi connectivity index (χ0v) is 14.5. The van der Waals surface area contributed by atoms with Crippen LogP contribution >= 0.6 is 0 Å². The van der Waals surface area contributed by atoms with Crippen molar-refractivity contribution >= 4 is 12.1 Å². The highest BCUT2D eigenvalue weighted by Gasteiger charge is 2.33. The largest absolute Gasteiger partial charge is 0.480 e. The molecule has 0 radical (unpaired) electrons. The van der Waals surface area contributed by atoms with Crippen molar-refractivity contribution in [3.05, 3.63) is 35.9 Å². The smallest absolute Gasteiger partial charge is 0.408 e. The summed E-state index contributed by atoms with van der Waals surface area (Å²) < 4.78 is 5.16. The number of carboxylic acid groups (broad SMARTS) is 1. The first-order valence-corrected chi connectivity index (χ1v) is 8.25. The Balaban J connectivity index is 1.98. The summed E-state index contributed by atoms with van der Waals surface area (Å²) in [7, 11) is 0. The Labute approximate surface area is 142 Å². The van der Waals surface area contributed by atoms with E-state index in [1.807, 2.05) is 30.3 Å². The lowest BCUT2D eigenvalue weighted by Gasteiger charge is -2.27. The zero-order valence-electron chi connectivity index (χ0n) is 14.5. The number of carbonyl (C=O) groups is 2. The summed E-state index contributed by atoms with van der Waals surface area (Å²) in [5.41, 5.74) is 0.471. The molecule has 1 aliphatic rings. The van der Waals surface area contributed by atoms with Crippen LogP contribution in [0.4, 0.5) is 4.79 Å². The normalized spacial score (nSPS) is 15.8. The molecule has 1 fully saturated rings. The maximum atomic E-state index is 11.9. The molecule has 0 saturated heterocycles. The van der Waals surface area contributed by atoms with E-state index in [-0.39, 0.29) is 6.54 Å². The number of benzene rings is 1. The van der Waals surface area contributed by atoms with Gasteiger partial charge in [0.05, 0.1) is 0 Å². The van der Waals surface area contributed by atoms with Gasteiger partial charge in [-0.15, -0.1) is 0 Å². The monoisotopic (exact) mass is 334 g/mol.